The normalized spacial score (nSPS) is 17.6. The molecule has 1 fully saturated rings. The first-order valence-electron chi connectivity index (χ1n) is 9.11. The maximum Gasteiger partial charge on any atom is 0.241 e. The first-order chi connectivity index (χ1) is 13.4. The van der Waals surface area contributed by atoms with Crippen molar-refractivity contribution in [2.24, 2.45) is 0 Å². The fourth-order valence-corrected chi connectivity index (χ4v) is 3.44. The number of aryl methyl sites for hydroxylation is 1. The smallest absolute Gasteiger partial charge is 0.241 e. The second kappa shape index (κ2) is 8.70. The fourth-order valence-electron chi connectivity index (χ4n) is 3.25. The van der Waals surface area contributed by atoms with Gasteiger partial charge in [0.2, 0.25) is 11.8 Å². The molecule has 1 atom stereocenters. The topological polar surface area (TPSA) is 82.8 Å². The first-order valence-corrected chi connectivity index (χ1v) is 9.49. The van der Waals surface area contributed by atoms with E-state index >= 15 is 0 Å². The van der Waals surface area contributed by atoms with Crippen molar-refractivity contribution in [2.75, 3.05) is 33.7 Å². The number of aromatic nitrogens is 2. The Morgan fingerprint density at radius 2 is 2.04 bits per heavy atom. The van der Waals surface area contributed by atoms with Gasteiger partial charge in [0.25, 0.3) is 0 Å². The van der Waals surface area contributed by atoms with E-state index in [1.807, 2.05) is 36.2 Å². The van der Waals surface area contributed by atoms with Gasteiger partial charge in [0.1, 0.15) is 17.4 Å². The summed E-state index contributed by atoms with van der Waals surface area (Å²) < 4.78 is 4.66. The molecule has 1 aliphatic rings. The zero-order chi connectivity index (χ0) is 20.3. The van der Waals surface area contributed by atoms with E-state index in [2.05, 4.69) is 14.9 Å². The highest BCUT2D eigenvalue weighted by Crippen LogP contribution is 2.18. The molecule has 1 aromatic heterocycles. The summed E-state index contributed by atoms with van der Waals surface area (Å²) in [7, 11) is 3.66. The lowest BCUT2D eigenvalue weighted by Crippen LogP contribution is -2.59. The molecule has 3 rings (SSSR count). The number of nitrogens with zero attached hydrogens (tertiary/aromatic N) is 5. The lowest BCUT2D eigenvalue weighted by molar-refractivity contribution is -0.142. The van der Waals surface area contributed by atoms with Crippen molar-refractivity contribution in [3.8, 4) is 0 Å². The molecule has 0 saturated carbocycles. The second-order valence-corrected chi connectivity index (χ2v) is 7.50. The summed E-state index contributed by atoms with van der Waals surface area (Å²) in [6, 6.07) is 7.07. The molecule has 1 aliphatic heterocycles. The third-order valence-corrected chi connectivity index (χ3v) is 5.46. The highest BCUT2D eigenvalue weighted by molar-refractivity contribution is 6.31. The molecule has 2 heterocycles. The predicted molar refractivity (Wildman–Crippen MR) is 104 cm³/mol. The Balaban J connectivity index is 1.64. The molecule has 1 saturated heterocycles. The Morgan fingerprint density at radius 3 is 2.71 bits per heavy atom. The molecule has 2 aromatic rings. The van der Waals surface area contributed by atoms with Crippen LogP contribution in [-0.4, -0.2) is 76.6 Å². The van der Waals surface area contributed by atoms with E-state index in [9.17, 15) is 9.59 Å². The number of amides is 2. The van der Waals surface area contributed by atoms with Crippen LogP contribution < -0.4 is 0 Å². The minimum Gasteiger partial charge on any atom is -0.340 e. The van der Waals surface area contributed by atoms with Crippen LogP contribution in [0.5, 0.6) is 0 Å². The molecule has 8 nitrogen and oxygen atoms in total. The van der Waals surface area contributed by atoms with Gasteiger partial charge in [0, 0.05) is 38.2 Å². The van der Waals surface area contributed by atoms with Crippen molar-refractivity contribution < 1.29 is 14.2 Å². The summed E-state index contributed by atoms with van der Waals surface area (Å²) in [5.74, 6) is -0.127. The van der Waals surface area contributed by atoms with Crippen molar-refractivity contribution >= 4 is 23.4 Å². The van der Waals surface area contributed by atoms with Gasteiger partial charge in [-0.15, -0.1) is 0 Å². The van der Waals surface area contributed by atoms with Crippen LogP contribution in [0.4, 0.5) is 0 Å². The third-order valence-electron chi connectivity index (χ3n) is 5.09. The number of hydrogen-bond donors (Lipinski definition) is 0. The largest absolute Gasteiger partial charge is 0.340 e. The van der Waals surface area contributed by atoms with Crippen LogP contribution in [0.2, 0.25) is 5.02 Å². The van der Waals surface area contributed by atoms with E-state index < -0.39 is 6.04 Å². The Labute approximate surface area is 169 Å². The molecule has 28 heavy (non-hydrogen) atoms. The maximum absolute atomic E-state index is 13.0. The summed E-state index contributed by atoms with van der Waals surface area (Å²) in [5.41, 5.74) is 2.03. The van der Waals surface area contributed by atoms with Gasteiger partial charge < -0.3 is 9.80 Å². The molecular weight excluding hydrogens is 382 g/mol. The van der Waals surface area contributed by atoms with Gasteiger partial charge in [0.15, 0.2) is 0 Å². The Bertz CT molecular complexity index is 856. The van der Waals surface area contributed by atoms with E-state index in [0.29, 0.717) is 42.6 Å². The maximum atomic E-state index is 13.0. The molecule has 0 radical (unpaired) electrons. The number of hydrogen-bond acceptors (Lipinski definition) is 6. The molecule has 0 bridgehead atoms. The van der Waals surface area contributed by atoms with Crippen LogP contribution >= 0.6 is 11.6 Å². The molecule has 1 unspecified atom stereocenters. The summed E-state index contributed by atoms with van der Waals surface area (Å²) in [5, 5.41) is 8.11. The zero-order valence-electron chi connectivity index (χ0n) is 16.3. The molecule has 2 amide bonds. The Hall–Kier alpha value is -2.45. The van der Waals surface area contributed by atoms with Crippen molar-refractivity contribution in [3.05, 3.63) is 46.2 Å². The molecule has 9 heteroatoms. The van der Waals surface area contributed by atoms with Crippen LogP contribution in [0.15, 0.2) is 28.9 Å². The minimum atomic E-state index is -0.401. The van der Waals surface area contributed by atoms with E-state index in [0.717, 1.165) is 5.56 Å². The average Bonchev–Trinajstić information content (AvgIpc) is 3.08. The summed E-state index contributed by atoms with van der Waals surface area (Å²) in [4.78, 5) is 31.0. The van der Waals surface area contributed by atoms with E-state index in [1.165, 1.54) is 0 Å². The monoisotopic (exact) mass is 405 g/mol. The van der Waals surface area contributed by atoms with Gasteiger partial charge in [-0.05, 0) is 25.6 Å². The highest BCUT2D eigenvalue weighted by atomic mass is 35.5. The number of halogens is 1. The number of benzene rings is 1. The van der Waals surface area contributed by atoms with Crippen LogP contribution in [0, 0.1) is 6.92 Å². The van der Waals surface area contributed by atoms with Crippen LogP contribution in [0.1, 0.15) is 17.0 Å². The summed E-state index contributed by atoms with van der Waals surface area (Å²) >= 11 is 6.21. The number of piperazine rings is 1. The molecular formula is C19H24ClN5O3. The van der Waals surface area contributed by atoms with Gasteiger partial charge in [-0.25, -0.2) is 4.63 Å². The average molecular weight is 406 g/mol. The SMILES string of the molecule is Cc1nonc1CC(=O)N1CCN(C)C(C(=O)N(C)Cc2ccccc2Cl)C1. The standard InChI is InChI=1S/C19H24ClN5O3/c1-13-16(22-28-21-13)10-18(26)25-9-8-23(2)17(12-25)19(27)24(3)11-14-6-4-5-7-15(14)20/h4-7,17H,8-12H2,1-3H3. The van der Waals surface area contributed by atoms with Gasteiger partial charge in [0.05, 0.1) is 6.42 Å². The number of carbonyl (C=O) groups excluding carboxylic acids is 2. The van der Waals surface area contributed by atoms with Crippen molar-refractivity contribution in [2.45, 2.75) is 25.9 Å². The van der Waals surface area contributed by atoms with Crippen LogP contribution in [-0.2, 0) is 22.6 Å². The van der Waals surface area contributed by atoms with Gasteiger partial charge >= 0.3 is 0 Å². The second-order valence-electron chi connectivity index (χ2n) is 7.09. The fraction of sp³-hybridized carbons (Fsp3) is 0.474. The minimum absolute atomic E-state index is 0.0424. The predicted octanol–water partition coefficient (Wildman–Crippen LogP) is 1.38. The quantitative estimate of drug-likeness (QED) is 0.747. The molecule has 1 aromatic carbocycles. The van der Waals surface area contributed by atoms with Crippen molar-refractivity contribution in [1.29, 1.82) is 0 Å². The number of carbonyl (C=O) groups is 2. The Morgan fingerprint density at radius 1 is 1.29 bits per heavy atom. The van der Waals surface area contributed by atoms with E-state index in [4.69, 9.17) is 11.6 Å². The zero-order valence-corrected chi connectivity index (χ0v) is 17.0. The summed E-state index contributed by atoms with van der Waals surface area (Å²) in [6.45, 7) is 3.70. The molecule has 0 aliphatic carbocycles. The molecule has 150 valence electrons. The van der Waals surface area contributed by atoms with E-state index in [-0.39, 0.29) is 18.2 Å². The van der Waals surface area contributed by atoms with Crippen LogP contribution in [0.3, 0.4) is 0 Å². The first kappa shape index (κ1) is 20.3. The van der Waals surface area contributed by atoms with Crippen LogP contribution in [0.25, 0.3) is 0 Å². The van der Waals surface area contributed by atoms with E-state index in [1.54, 1.807) is 23.8 Å². The van der Waals surface area contributed by atoms with Crippen molar-refractivity contribution in [3.63, 3.8) is 0 Å². The number of likely N-dealkylation sites (N-methyl/N-ethyl adjacent to an activating group) is 2. The number of rotatable bonds is 5. The molecule has 0 N–H and O–H groups in total. The molecule has 0 spiro atoms. The van der Waals surface area contributed by atoms with Gasteiger partial charge in [-0.1, -0.05) is 40.1 Å². The highest BCUT2D eigenvalue weighted by Gasteiger charge is 2.34. The van der Waals surface area contributed by atoms with Gasteiger partial charge in [-0.2, -0.15) is 0 Å². The Kier molecular flexibility index (Phi) is 6.31. The lowest BCUT2D eigenvalue weighted by Gasteiger charge is -2.40. The third kappa shape index (κ3) is 4.51. The van der Waals surface area contributed by atoms with Crippen molar-refractivity contribution in [1.82, 2.24) is 25.0 Å². The van der Waals surface area contributed by atoms with Gasteiger partial charge in [-0.3, -0.25) is 14.5 Å². The summed E-state index contributed by atoms with van der Waals surface area (Å²) in [6.07, 6.45) is 0.120. The lowest BCUT2D eigenvalue weighted by atomic mass is 10.1.